The molecule has 27 heavy (non-hydrogen) atoms. The molecule has 3 aromatic rings. The van der Waals surface area contributed by atoms with Gasteiger partial charge in [-0.3, -0.25) is 4.98 Å². The molecule has 1 aliphatic heterocycles. The molecule has 0 saturated carbocycles. The van der Waals surface area contributed by atoms with E-state index in [4.69, 9.17) is 5.10 Å². The number of benzene rings is 1. The molecular weight excluding hydrogens is 362 g/mol. The van der Waals surface area contributed by atoms with Gasteiger partial charge in [-0.2, -0.15) is 5.10 Å². The fraction of sp³-hybridized carbons (Fsp3) is 0.300. The molecule has 0 spiro atoms. The van der Waals surface area contributed by atoms with Crippen LogP contribution in [0, 0.1) is 5.92 Å². The number of para-hydroxylation sites is 1. The second-order valence-electron chi connectivity index (χ2n) is 6.64. The molecule has 7 heteroatoms. The Balaban J connectivity index is 0.00000210. The Hall–Kier alpha value is -2.25. The number of β-amino-alcohol motifs (C(OH)–C–C–N with tert-alkyl or cyclic N) is 1. The van der Waals surface area contributed by atoms with Gasteiger partial charge in [0, 0.05) is 61.8 Å². The van der Waals surface area contributed by atoms with E-state index in [0.29, 0.717) is 13.1 Å². The molecule has 4 rings (SSSR count). The Morgan fingerprint density at radius 2 is 1.89 bits per heavy atom. The molecule has 0 amide bonds. The van der Waals surface area contributed by atoms with Crippen molar-refractivity contribution in [1.29, 1.82) is 0 Å². The highest BCUT2D eigenvalue weighted by Crippen LogP contribution is 2.23. The van der Waals surface area contributed by atoms with Crippen molar-refractivity contribution in [2.75, 3.05) is 19.6 Å². The summed E-state index contributed by atoms with van der Waals surface area (Å²) in [6, 6.07) is 14.1. The van der Waals surface area contributed by atoms with E-state index in [1.165, 1.54) is 0 Å². The molecule has 3 heterocycles. The molecular formula is C20H24ClN5O. The van der Waals surface area contributed by atoms with Crippen LogP contribution in [0.1, 0.15) is 5.56 Å². The molecule has 1 aromatic carbocycles. The van der Waals surface area contributed by atoms with Gasteiger partial charge in [0.1, 0.15) is 0 Å². The minimum absolute atomic E-state index is 0. The van der Waals surface area contributed by atoms with Crippen LogP contribution in [-0.2, 0) is 6.54 Å². The van der Waals surface area contributed by atoms with E-state index < -0.39 is 0 Å². The van der Waals surface area contributed by atoms with Crippen LogP contribution in [0.25, 0.3) is 16.9 Å². The molecule has 2 unspecified atom stereocenters. The van der Waals surface area contributed by atoms with Crippen LogP contribution in [0.5, 0.6) is 0 Å². The van der Waals surface area contributed by atoms with Crippen LogP contribution in [0.2, 0.25) is 0 Å². The van der Waals surface area contributed by atoms with Gasteiger partial charge in [-0.15, -0.1) is 12.4 Å². The molecule has 0 radical (unpaired) electrons. The number of aliphatic hydroxyl groups excluding tert-OH is 1. The first-order valence-corrected chi connectivity index (χ1v) is 8.95. The number of hydrogen-bond donors (Lipinski definition) is 3. The Morgan fingerprint density at radius 3 is 2.59 bits per heavy atom. The van der Waals surface area contributed by atoms with Crippen molar-refractivity contribution in [3.05, 3.63) is 66.6 Å². The lowest BCUT2D eigenvalue weighted by molar-refractivity contribution is 0.146. The summed E-state index contributed by atoms with van der Waals surface area (Å²) in [7, 11) is 0. The summed E-state index contributed by atoms with van der Waals surface area (Å²) in [5, 5.41) is 21.4. The largest absolute Gasteiger partial charge is 0.391 e. The van der Waals surface area contributed by atoms with E-state index in [9.17, 15) is 5.11 Å². The van der Waals surface area contributed by atoms with Gasteiger partial charge < -0.3 is 15.7 Å². The minimum atomic E-state index is -0.269. The van der Waals surface area contributed by atoms with Crippen LogP contribution in [0.3, 0.4) is 0 Å². The maximum atomic E-state index is 9.95. The number of pyridine rings is 1. The molecule has 0 aliphatic carbocycles. The van der Waals surface area contributed by atoms with Gasteiger partial charge in [0.15, 0.2) is 0 Å². The van der Waals surface area contributed by atoms with Gasteiger partial charge in [-0.05, 0) is 24.3 Å². The molecule has 3 N–H and O–H groups in total. The standard InChI is InChI=1S/C20H23N5O.ClH/c26-19-13-23-11-16(19)10-22-12-17-14-25(18-4-2-1-3-5-18)24-20(17)15-6-8-21-9-7-15;/h1-9,14,16,19,22-23,26H,10-13H2;1H. The smallest absolute Gasteiger partial charge is 0.0973 e. The van der Waals surface area contributed by atoms with E-state index in [2.05, 4.69) is 21.8 Å². The van der Waals surface area contributed by atoms with Crippen molar-refractivity contribution < 1.29 is 5.11 Å². The molecule has 6 nitrogen and oxygen atoms in total. The van der Waals surface area contributed by atoms with Gasteiger partial charge in [0.2, 0.25) is 0 Å². The highest BCUT2D eigenvalue weighted by atomic mass is 35.5. The van der Waals surface area contributed by atoms with Gasteiger partial charge in [0.05, 0.1) is 17.5 Å². The van der Waals surface area contributed by atoms with Crippen LogP contribution in [-0.4, -0.2) is 45.6 Å². The lowest BCUT2D eigenvalue weighted by Crippen LogP contribution is -2.30. The lowest BCUT2D eigenvalue weighted by Gasteiger charge is -2.14. The first-order chi connectivity index (χ1) is 12.8. The Morgan fingerprint density at radius 1 is 1.11 bits per heavy atom. The number of rotatable bonds is 6. The summed E-state index contributed by atoms with van der Waals surface area (Å²) in [5.41, 5.74) is 4.16. The maximum absolute atomic E-state index is 9.95. The number of aromatic nitrogens is 3. The van der Waals surface area contributed by atoms with E-state index >= 15 is 0 Å². The van der Waals surface area contributed by atoms with Crippen molar-refractivity contribution in [3.63, 3.8) is 0 Å². The number of nitrogens with zero attached hydrogens (tertiary/aromatic N) is 3. The van der Waals surface area contributed by atoms with Crippen molar-refractivity contribution in [2.45, 2.75) is 12.6 Å². The first-order valence-electron chi connectivity index (χ1n) is 8.95. The summed E-state index contributed by atoms with van der Waals surface area (Å²) >= 11 is 0. The van der Waals surface area contributed by atoms with Crippen molar-refractivity contribution >= 4 is 12.4 Å². The van der Waals surface area contributed by atoms with Crippen LogP contribution in [0.4, 0.5) is 0 Å². The third-order valence-corrected chi connectivity index (χ3v) is 4.79. The molecule has 2 aromatic heterocycles. The van der Waals surface area contributed by atoms with Crippen LogP contribution in [0.15, 0.2) is 61.1 Å². The highest BCUT2D eigenvalue weighted by Gasteiger charge is 2.24. The van der Waals surface area contributed by atoms with E-state index in [1.807, 2.05) is 47.1 Å². The van der Waals surface area contributed by atoms with E-state index in [-0.39, 0.29) is 24.4 Å². The van der Waals surface area contributed by atoms with Crippen molar-refractivity contribution in [1.82, 2.24) is 25.4 Å². The molecule has 1 fully saturated rings. The summed E-state index contributed by atoms with van der Waals surface area (Å²) < 4.78 is 1.92. The average Bonchev–Trinajstić information content (AvgIpc) is 3.30. The summed E-state index contributed by atoms with van der Waals surface area (Å²) in [6.07, 6.45) is 5.37. The fourth-order valence-corrected chi connectivity index (χ4v) is 3.32. The molecule has 0 bridgehead atoms. The summed E-state index contributed by atoms with van der Waals surface area (Å²) in [4.78, 5) is 4.10. The maximum Gasteiger partial charge on any atom is 0.0973 e. The quantitative estimate of drug-likeness (QED) is 0.605. The number of hydrogen-bond acceptors (Lipinski definition) is 5. The predicted molar refractivity (Wildman–Crippen MR) is 108 cm³/mol. The zero-order chi connectivity index (χ0) is 17.8. The predicted octanol–water partition coefficient (Wildman–Crippen LogP) is 2.03. The Kier molecular flexibility index (Phi) is 6.58. The van der Waals surface area contributed by atoms with E-state index in [0.717, 1.165) is 35.6 Å². The van der Waals surface area contributed by atoms with Gasteiger partial charge in [0.25, 0.3) is 0 Å². The van der Waals surface area contributed by atoms with E-state index in [1.54, 1.807) is 12.4 Å². The Labute approximate surface area is 165 Å². The van der Waals surface area contributed by atoms with Crippen molar-refractivity contribution in [2.24, 2.45) is 5.92 Å². The Bertz CT molecular complexity index is 840. The second kappa shape index (κ2) is 9.10. The monoisotopic (exact) mass is 385 g/mol. The molecule has 1 saturated heterocycles. The minimum Gasteiger partial charge on any atom is -0.391 e. The SMILES string of the molecule is Cl.OC1CNCC1CNCc1cn(-c2ccccc2)nc1-c1ccncc1. The topological polar surface area (TPSA) is 75.0 Å². The number of nitrogens with one attached hydrogen (secondary N) is 2. The highest BCUT2D eigenvalue weighted by molar-refractivity contribution is 5.85. The lowest BCUT2D eigenvalue weighted by atomic mass is 10.1. The average molecular weight is 386 g/mol. The van der Waals surface area contributed by atoms with Crippen LogP contribution < -0.4 is 10.6 Å². The van der Waals surface area contributed by atoms with Gasteiger partial charge >= 0.3 is 0 Å². The number of aliphatic hydroxyl groups is 1. The molecule has 142 valence electrons. The second-order valence-corrected chi connectivity index (χ2v) is 6.64. The van der Waals surface area contributed by atoms with Gasteiger partial charge in [-0.1, -0.05) is 18.2 Å². The van der Waals surface area contributed by atoms with Gasteiger partial charge in [-0.25, -0.2) is 4.68 Å². The zero-order valence-corrected chi connectivity index (χ0v) is 15.8. The molecule has 1 aliphatic rings. The first kappa shape index (κ1) is 19.5. The number of halogens is 1. The third-order valence-electron chi connectivity index (χ3n) is 4.79. The summed E-state index contributed by atoms with van der Waals surface area (Å²) in [5.74, 6) is 0.253. The molecule has 2 atom stereocenters. The normalized spacial score (nSPS) is 19.0. The van der Waals surface area contributed by atoms with Crippen molar-refractivity contribution in [3.8, 4) is 16.9 Å². The van der Waals surface area contributed by atoms with Crippen LogP contribution >= 0.6 is 12.4 Å². The zero-order valence-electron chi connectivity index (χ0n) is 15.0. The fourth-order valence-electron chi connectivity index (χ4n) is 3.32. The summed E-state index contributed by atoms with van der Waals surface area (Å²) in [6.45, 7) is 3.02. The third kappa shape index (κ3) is 4.54.